The van der Waals surface area contributed by atoms with Gasteiger partial charge >= 0.3 is 0 Å². The summed E-state index contributed by atoms with van der Waals surface area (Å²) in [6, 6.07) is 8.13. The second-order valence-electron chi connectivity index (χ2n) is 3.91. The van der Waals surface area contributed by atoms with Gasteiger partial charge in [-0.15, -0.1) is 0 Å². The summed E-state index contributed by atoms with van der Waals surface area (Å²) in [6.45, 7) is 3.60. The van der Waals surface area contributed by atoms with E-state index in [1.165, 1.54) is 12.3 Å². The summed E-state index contributed by atoms with van der Waals surface area (Å²) in [7, 11) is -3.61. The maximum Gasteiger partial charge on any atom is 0.263 e. The highest BCUT2D eigenvalue weighted by Gasteiger charge is 2.15. The van der Waals surface area contributed by atoms with Gasteiger partial charge in [0.1, 0.15) is 6.26 Å². The number of nitrogens with zero attached hydrogens (tertiary/aromatic N) is 1. The molecule has 0 bridgehead atoms. The monoisotopic (exact) mass is 281 g/mol. The summed E-state index contributed by atoms with van der Waals surface area (Å²) in [6.07, 6.45) is 1.30. The highest BCUT2D eigenvalue weighted by atomic mass is 32.2. The molecule has 2 aromatic rings. The molecule has 0 aliphatic heterocycles. The first-order chi connectivity index (χ1) is 9.12. The van der Waals surface area contributed by atoms with Crippen LogP contribution in [0.1, 0.15) is 12.5 Å². The van der Waals surface area contributed by atoms with Crippen molar-refractivity contribution in [2.75, 3.05) is 11.3 Å². The Kier molecular flexibility index (Phi) is 4.18. The van der Waals surface area contributed by atoms with E-state index in [2.05, 4.69) is 19.7 Å². The van der Waals surface area contributed by atoms with E-state index in [0.29, 0.717) is 6.54 Å². The molecule has 1 aromatic carbocycles. The Balaban J connectivity index is 2.12. The van der Waals surface area contributed by atoms with E-state index < -0.39 is 10.0 Å². The van der Waals surface area contributed by atoms with Crippen molar-refractivity contribution in [1.82, 2.24) is 10.5 Å². The van der Waals surface area contributed by atoms with Crippen molar-refractivity contribution in [2.45, 2.75) is 18.4 Å². The zero-order chi connectivity index (χ0) is 13.7. The molecule has 0 aliphatic carbocycles. The molecule has 0 fully saturated rings. The Morgan fingerprint density at radius 3 is 2.53 bits per heavy atom. The highest BCUT2D eigenvalue weighted by molar-refractivity contribution is 7.92. The molecule has 0 aliphatic rings. The average molecular weight is 281 g/mol. The molecule has 102 valence electrons. The van der Waals surface area contributed by atoms with Gasteiger partial charge in [-0.1, -0.05) is 24.2 Å². The number of nitrogens with one attached hydrogen (secondary N) is 2. The topological polar surface area (TPSA) is 84.2 Å². The molecule has 0 saturated heterocycles. The van der Waals surface area contributed by atoms with Crippen LogP contribution in [0.15, 0.2) is 46.0 Å². The Bertz CT molecular complexity index is 606. The van der Waals surface area contributed by atoms with Crippen LogP contribution in [-0.4, -0.2) is 20.1 Å². The van der Waals surface area contributed by atoms with Crippen molar-refractivity contribution in [2.24, 2.45) is 0 Å². The van der Waals surface area contributed by atoms with Crippen LogP contribution in [0.3, 0.4) is 0 Å². The van der Waals surface area contributed by atoms with E-state index in [0.717, 1.165) is 12.1 Å². The lowest BCUT2D eigenvalue weighted by molar-refractivity contribution is 0.423. The summed E-state index contributed by atoms with van der Waals surface area (Å²) < 4.78 is 30.9. The lowest BCUT2D eigenvalue weighted by Gasteiger charge is -2.06. The molecule has 19 heavy (non-hydrogen) atoms. The third-order valence-electron chi connectivity index (χ3n) is 2.49. The first-order valence-corrected chi connectivity index (χ1v) is 7.33. The van der Waals surface area contributed by atoms with Crippen molar-refractivity contribution >= 4 is 15.8 Å². The second-order valence-corrected chi connectivity index (χ2v) is 5.60. The Hall–Kier alpha value is -1.86. The van der Waals surface area contributed by atoms with Gasteiger partial charge in [0.2, 0.25) is 0 Å². The summed E-state index contributed by atoms with van der Waals surface area (Å²) in [5.41, 5.74) is 1.03. The molecule has 0 spiro atoms. The smallest absolute Gasteiger partial charge is 0.263 e. The number of rotatable bonds is 6. The molecule has 0 radical (unpaired) electrons. The molecule has 2 rings (SSSR count). The third kappa shape index (κ3) is 3.55. The van der Waals surface area contributed by atoms with Crippen molar-refractivity contribution in [3.05, 3.63) is 42.2 Å². The van der Waals surface area contributed by atoms with Gasteiger partial charge < -0.3 is 9.84 Å². The van der Waals surface area contributed by atoms with E-state index in [1.807, 2.05) is 6.92 Å². The molecule has 0 saturated carbocycles. The zero-order valence-corrected chi connectivity index (χ0v) is 11.3. The minimum atomic E-state index is -3.61. The normalized spacial score (nSPS) is 11.4. The Morgan fingerprint density at radius 1 is 1.21 bits per heavy atom. The van der Waals surface area contributed by atoms with Crippen LogP contribution in [-0.2, 0) is 16.6 Å². The fraction of sp³-hybridized carbons (Fsp3) is 0.250. The molecule has 2 N–H and O–H groups in total. The van der Waals surface area contributed by atoms with E-state index in [-0.39, 0.29) is 10.7 Å². The van der Waals surface area contributed by atoms with Gasteiger partial charge in [-0.3, -0.25) is 4.72 Å². The summed E-state index contributed by atoms with van der Waals surface area (Å²) in [4.78, 5) is 0.191. The van der Waals surface area contributed by atoms with Gasteiger partial charge in [-0.2, -0.15) is 0 Å². The van der Waals surface area contributed by atoms with Gasteiger partial charge in [-0.25, -0.2) is 8.42 Å². The van der Waals surface area contributed by atoms with Crippen molar-refractivity contribution < 1.29 is 12.9 Å². The summed E-state index contributed by atoms with van der Waals surface area (Å²) >= 11 is 0. The largest absolute Gasteiger partial charge is 0.363 e. The van der Waals surface area contributed by atoms with Crippen LogP contribution in [0.25, 0.3) is 0 Å². The van der Waals surface area contributed by atoms with E-state index in [4.69, 9.17) is 0 Å². The molecule has 1 heterocycles. The van der Waals surface area contributed by atoms with Gasteiger partial charge in [0.25, 0.3) is 10.0 Å². The number of hydrogen-bond acceptors (Lipinski definition) is 5. The number of benzene rings is 1. The third-order valence-corrected chi connectivity index (χ3v) is 3.86. The number of aromatic nitrogens is 1. The van der Waals surface area contributed by atoms with Crippen LogP contribution in [0.5, 0.6) is 0 Å². The van der Waals surface area contributed by atoms with Crippen molar-refractivity contribution in [3.8, 4) is 0 Å². The Labute approximate surface area is 111 Å². The van der Waals surface area contributed by atoms with Crippen LogP contribution in [0, 0.1) is 0 Å². The average Bonchev–Trinajstić information content (AvgIpc) is 2.89. The van der Waals surface area contributed by atoms with Gasteiger partial charge in [-0.05, 0) is 24.2 Å². The van der Waals surface area contributed by atoms with E-state index >= 15 is 0 Å². The fourth-order valence-electron chi connectivity index (χ4n) is 1.52. The van der Waals surface area contributed by atoms with Gasteiger partial charge in [0.05, 0.1) is 4.90 Å². The Morgan fingerprint density at radius 2 is 1.95 bits per heavy atom. The lowest BCUT2D eigenvalue weighted by atomic mass is 10.2. The number of anilines is 1. The number of hydrogen-bond donors (Lipinski definition) is 2. The molecular formula is C12H15N3O3S. The maximum absolute atomic E-state index is 12.0. The molecule has 0 unspecified atom stereocenters. The zero-order valence-electron chi connectivity index (χ0n) is 10.5. The molecular weight excluding hydrogens is 266 g/mol. The molecule has 6 nitrogen and oxygen atoms in total. The fourth-order valence-corrected chi connectivity index (χ4v) is 2.51. The van der Waals surface area contributed by atoms with E-state index in [9.17, 15) is 8.42 Å². The first-order valence-electron chi connectivity index (χ1n) is 5.84. The standard InChI is InChI=1S/C12H15N3O3S/c1-2-13-9-10-3-5-11(6-4-10)19(16,17)15-12-7-8-18-14-12/h3-8,13H,2,9H2,1H3,(H,14,15). The SMILES string of the molecule is CCNCc1ccc(S(=O)(=O)Nc2ccon2)cc1. The first kappa shape index (κ1) is 13.6. The summed E-state index contributed by atoms with van der Waals surface area (Å²) in [5, 5.41) is 6.68. The predicted octanol–water partition coefficient (Wildman–Crippen LogP) is 1.58. The van der Waals surface area contributed by atoms with Gasteiger partial charge in [0, 0.05) is 12.6 Å². The molecule has 7 heteroatoms. The predicted molar refractivity (Wildman–Crippen MR) is 71.1 cm³/mol. The summed E-state index contributed by atoms with van der Waals surface area (Å²) in [5.74, 6) is 0.164. The van der Waals surface area contributed by atoms with Crippen LogP contribution in [0.2, 0.25) is 0 Å². The van der Waals surface area contributed by atoms with Crippen molar-refractivity contribution in [3.63, 3.8) is 0 Å². The highest BCUT2D eigenvalue weighted by Crippen LogP contribution is 2.15. The molecule has 0 amide bonds. The minimum Gasteiger partial charge on any atom is -0.363 e. The minimum absolute atomic E-state index is 0.164. The van der Waals surface area contributed by atoms with Crippen LogP contribution in [0.4, 0.5) is 5.82 Å². The van der Waals surface area contributed by atoms with E-state index in [1.54, 1.807) is 24.3 Å². The quantitative estimate of drug-likeness (QED) is 0.840. The van der Waals surface area contributed by atoms with Crippen LogP contribution < -0.4 is 10.0 Å². The number of sulfonamides is 1. The molecule has 0 atom stereocenters. The molecule has 1 aromatic heterocycles. The second kappa shape index (κ2) is 5.85. The van der Waals surface area contributed by atoms with Crippen molar-refractivity contribution in [1.29, 1.82) is 0 Å². The van der Waals surface area contributed by atoms with Gasteiger partial charge in [0.15, 0.2) is 5.82 Å². The lowest BCUT2D eigenvalue weighted by Crippen LogP contribution is -2.14. The van der Waals surface area contributed by atoms with Crippen LogP contribution >= 0.6 is 0 Å². The maximum atomic E-state index is 12.0.